The molecule has 0 fully saturated rings. The molecule has 0 spiro atoms. The maximum absolute atomic E-state index is 12.1. The van der Waals surface area contributed by atoms with Crippen LogP contribution in [0.2, 0.25) is 5.02 Å². The molecule has 0 bridgehead atoms. The molecular formula is C14H13ClN4O3. The van der Waals surface area contributed by atoms with Gasteiger partial charge in [-0.15, -0.1) is 10.2 Å². The summed E-state index contributed by atoms with van der Waals surface area (Å²) in [4.78, 5) is 23.3. The van der Waals surface area contributed by atoms with E-state index in [1.807, 2.05) is 0 Å². The molecule has 0 aliphatic carbocycles. The molecule has 0 saturated heterocycles. The van der Waals surface area contributed by atoms with Crippen LogP contribution in [0, 0.1) is 0 Å². The molecule has 7 nitrogen and oxygen atoms in total. The number of halogens is 1. The van der Waals surface area contributed by atoms with Gasteiger partial charge >= 0.3 is 5.97 Å². The molecule has 1 unspecified atom stereocenters. The standard InChI is InChI=1S/C14H13ClN4O3/c15-9-3-1-2-8(6-9)13(20)16-7-12-18-17-11-5-4-10(14(21)22)19(11)12/h1-3,6,10H,4-5,7H2,(H,16,20)(H,21,22). The van der Waals surface area contributed by atoms with Crippen molar-refractivity contribution in [2.75, 3.05) is 0 Å². The lowest BCUT2D eigenvalue weighted by molar-refractivity contribution is -0.140. The number of carbonyl (C=O) groups excluding carboxylic acids is 1. The summed E-state index contributed by atoms with van der Waals surface area (Å²) in [7, 11) is 0. The van der Waals surface area contributed by atoms with Crippen molar-refractivity contribution < 1.29 is 14.7 Å². The molecule has 1 aromatic heterocycles. The molecule has 2 N–H and O–H groups in total. The Bertz CT molecular complexity index is 743. The molecule has 1 amide bonds. The van der Waals surface area contributed by atoms with Crippen molar-refractivity contribution >= 4 is 23.5 Å². The summed E-state index contributed by atoms with van der Waals surface area (Å²) >= 11 is 5.85. The Morgan fingerprint density at radius 1 is 1.41 bits per heavy atom. The van der Waals surface area contributed by atoms with E-state index in [1.165, 1.54) is 0 Å². The van der Waals surface area contributed by atoms with Crippen LogP contribution in [0.25, 0.3) is 0 Å². The normalized spacial score (nSPS) is 16.3. The molecule has 2 aromatic rings. The molecule has 1 atom stereocenters. The van der Waals surface area contributed by atoms with Crippen LogP contribution in [-0.2, 0) is 17.8 Å². The number of carboxylic acids is 1. The Labute approximate surface area is 130 Å². The lowest BCUT2D eigenvalue weighted by Crippen LogP contribution is -2.26. The minimum absolute atomic E-state index is 0.113. The molecule has 114 valence electrons. The van der Waals surface area contributed by atoms with Gasteiger partial charge in [0.15, 0.2) is 5.82 Å². The van der Waals surface area contributed by atoms with E-state index in [0.717, 1.165) is 0 Å². The largest absolute Gasteiger partial charge is 0.480 e. The highest BCUT2D eigenvalue weighted by Crippen LogP contribution is 2.26. The van der Waals surface area contributed by atoms with Crippen molar-refractivity contribution in [2.45, 2.75) is 25.4 Å². The van der Waals surface area contributed by atoms with Crippen molar-refractivity contribution in [3.8, 4) is 0 Å². The van der Waals surface area contributed by atoms with E-state index >= 15 is 0 Å². The maximum Gasteiger partial charge on any atom is 0.326 e. The monoisotopic (exact) mass is 320 g/mol. The van der Waals surface area contributed by atoms with Crippen LogP contribution in [-0.4, -0.2) is 31.7 Å². The van der Waals surface area contributed by atoms with Crippen molar-refractivity contribution in [1.82, 2.24) is 20.1 Å². The number of hydrogen-bond acceptors (Lipinski definition) is 4. The minimum Gasteiger partial charge on any atom is -0.480 e. The zero-order valence-electron chi connectivity index (χ0n) is 11.5. The Hall–Kier alpha value is -2.41. The minimum atomic E-state index is -0.916. The predicted molar refractivity (Wildman–Crippen MR) is 77.6 cm³/mol. The van der Waals surface area contributed by atoms with Gasteiger partial charge < -0.3 is 10.4 Å². The Morgan fingerprint density at radius 2 is 2.23 bits per heavy atom. The number of nitrogens with one attached hydrogen (secondary N) is 1. The summed E-state index contributed by atoms with van der Waals surface area (Å²) in [5.74, 6) is -0.139. The van der Waals surface area contributed by atoms with Gasteiger partial charge in [-0.2, -0.15) is 0 Å². The molecule has 2 heterocycles. The third-order valence-electron chi connectivity index (χ3n) is 3.57. The summed E-state index contributed by atoms with van der Waals surface area (Å²) < 4.78 is 1.58. The van der Waals surface area contributed by atoms with Gasteiger partial charge in [0.25, 0.3) is 5.91 Å². The van der Waals surface area contributed by atoms with Gasteiger partial charge in [-0.25, -0.2) is 4.79 Å². The van der Waals surface area contributed by atoms with Gasteiger partial charge in [0.1, 0.15) is 11.9 Å². The van der Waals surface area contributed by atoms with Gasteiger partial charge in [0.2, 0.25) is 0 Å². The van der Waals surface area contributed by atoms with Crippen LogP contribution in [0.4, 0.5) is 0 Å². The Morgan fingerprint density at radius 3 is 2.95 bits per heavy atom. The van der Waals surface area contributed by atoms with Crippen LogP contribution in [0.5, 0.6) is 0 Å². The van der Waals surface area contributed by atoms with E-state index < -0.39 is 12.0 Å². The highest BCUT2D eigenvalue weighted by molar-refractivity contribution is 6.30. The van der Waals surface area contributed by atoms with Gasteiger partial charge in [-0.1, -0.05) is 17.7 Å². The first-order valence-corrected chi connectivity index (χ1v) is 7.13. The first kappa shape index (κ1) is 14.5. The van der Waals surface area contributed by atoms with E-state index in [2.05, 4.69) is 15.5 Å². The van der Waals surface area contributed by atoms with Crippen molar-refractivity contribution in [3.63, 3.8) is 0 Å². The van der Waals surface area contributed by atoms with E-state index in [9.17, 15) is 14.7 Å². The van der Waals surface area contributed by atoms with Gasteiger partial charge in [-0.3, -0.25) is 9.36 Å². The smallest absolute Gasteiger partial charge is 0.326 e. The maximum atomic E-state index is 12.1. The second-order valence-corrected chi connectivity index (χ2v) is 5.42. The van der Waals surface area contributed by atoms with Crippen LogP contribution in [0.15, 0.2) is 24.3 Å². The highest BCUT2D eigenvalue weighted by atomic mass is 35.5. The van der Waals surface area contributed by atoms with E-state index in [0.29, 0.717) is 35.1 Å². The molecule has 0 radical (unpaired) electrons. The number of carbonyl (C=O) groups is 2. The van der Waals surface area contributed by atoms with Gasteiger partial charge in [0, 0.05) is 17.0 Å². The molecule has 1 aromatic carbocycles. The zero-order valence-corrected chi connectivity index (χ0v) is 12.2. The third-order valence-corrected chi connectivity index (χ3v) is 3.80. The number of aliphatic carboxylic acids is 1. The number of hydrogen-bond donors (Lipinski definition) is 2. The topological polar surface area (TPSA) is 97.1 Å². The van der Waals surface area contributed by atoms with Crippen molar-refractivity contribution in [2.24, 2.45) is 0 Å². The molecule has 22 heavy (non-hydrogen) atoms. The number of aryl methyl sites for hydroxylation is 1. The molecular weight excluding hydrogens is 308 g/mol. The number of benzene rings is 1. The summed E-state index contributed by atoms with van der Waals surface area (Å²) in [6.45, 7) is 0.113. The van der Waals surface area contributed by atoms with Crippen LogP contribution in [0.1, 0.15) is 34.5 Å². The number of fused-ring (bicyclic) bond motifs is 1. The number of carboxylic acid groups (broad SMARTS) is 1. The summed E-state index contributed by atoms with van der Waals surface area (Å²) in [5, 5.41) is 20.3. The lowest BCUT2D eigenvalue weighted by atomic mass is 10.2. The first-order chi connectivity index (χ1) is 10.6. The SMILES string of the molecule is O=C(NCc1nnc2n1C(C(=O)O)CC2)c1cccc(Cl)c1. The Balaban J connectivity index is 1.73. The fourth-order valence-electron chi connectivity index (χ4n) is 2.53. The molecule has 1 aliphatic rings. The number of amides is 1. The van der Waals surface area contributed by atoms with Crippen LogP contribution < -0.4 is 5.32 Å². The van der Waals surface area contributed by atoms with E-state index in [1.54, 1.807) is 28.8 Å². The first-order valence-electron chi connectivity index (χ1n) is 6.75. The molecule has 1 aliphatic heterocycles. The molecule has 3 rings (SSSR count). The zero-order chi connectivity index (χ0) is 15.7. The molecule has 0 saturated carbocycles. The number of rotatable bonds is 4. The highest BCUT2D eigenvalue weighted by Gasteiger charge is 2.32. The average Bonchev–Trinajstić information content (AvgIpc) is 3.06. The quantitative estimate of drug-likeness (QED) is 0.888. The summed E-state index contributed by atoms with van der Waals surface area (Å²) in [5.41, 5.74) is 0.434. The van der Waals surface area contributed by atoms with Crippen molar-refractivity contribution in [1.29, 1.82) is 0 Å². The second-order valence-electron chi connectivity index (χ2n) is 4.99. The lowest BCUT2D eigenvalue weighted by Gasteiger charge is -2.11. The summed E-state index contributed by atoms with van der Waals surface area (Å²) in [6, 6.07) is 5.91. The predicted octanol–water partition coefficient (Wildman–Crippen LogP) is 1.43. The third kappa shape index (κ3) is 2.67. The van der Waals surface area contributed by atoms with E-state index in [-0.39, 0.29) is 12.5 Å². The second kappa shape index (κ2) is 5.76. The van der Waals surface area contributed by atoms with Gasteiger partial charge in [0.05, 0.1) is 6.54 Å². The van der Waals surface area contributed by atoms with Crippen LogP contribution >= 0.6 is 11.6 Å². The van der Waals surface area contributed by atoms with Crippen molar-refractivity contribution in [3.05, 3.63) is 46.5 Å². The Kier molecular flexibility index (Phi) is 3.81. The fraction of sp³-hybridized carbons (Fsp3) is 0.286. The van der Waals surface area contributed by atoms with Crippen LogP contribution in [0.3, 0.4) is 0 Å². The number of nitrogens with zero attached hydrogens (tertiary/aromatic N) is 3. The van der Waals surface area contributed by atoms with Gasteiger partial charge in [-0.05, 0) is 24.6 Å². The van der Waals surface area contributed by atoms with E-state index in [4.69, 9.17) is 11.6 Å². The molecule has 8 heteroatoms. The fourth-order valence-corrected chi connectivity index (χ4v) is 2.72. The summed E-state index contributed by atoms with van der Waals surface area (Å²) in [6.07, 6.45) is 1.07. The average molecular weight is 321 g/mol. The number of aromatic nitrogens is 3.